The molecule has 1 N–H and O–H groups in total. The highest BCUT2D eigenvalue weighted by Crippen LogP contribution is 2.32. The Balaban J connectivity index is 1.25. The Morgan fingerprint density at radius 1 is 0.964 bits per heavy atom. The Morgan fingerprint density at radius 3 is 2.79 bits per heavy atom. The smallest absolute Gasteiger partial charge is 0.231 e. The second kappa shape index (κ2) is 8.63. The van der Waals surface area contributed by atoms with Gasteiger partial charge < -0.3 is 23.9 Å². The number of ether oxygens (including phenoxy) is 3. The summed E-state index contributed by atoms with van der Waals surface area (Å²) in [6.45, 7) is 1.11. The van der Waals surface area contributed by atoms with Gasteiger partial charge in [0.1, 0.15) is 12.4 Å². The van der Waals surface area contributed by atoms with Crippen molar-refractivity contribution in [1.29, 1.82) is 0 Å². The normalized spacial score (nSPS) is 12.1. The molecule has 0 radical (unpaired) electrons. The minimum Gasteiger partial charge on any atom is -0.467 e. The predicted octanol–water partition coefficient (Wildman–Crippen LogP) is 4.30. The van der Waals surface area contributed by atoms with Crippen LogP contribution < -0.4 is 14.8 Å². The maximum atomic E-state index is 12.3. The molecule has 1 aliphatic rings. The van der Waals surface area contributed by atoms with E-state index in [-0.39, 0.29) is 12.7 Å². The summed E-state index contributed by atoms with van der Waals surface area (Å²) >= 11 is 0. The highest BCUT2D eigenvalue weighted by molar-refractivity contribution is 5.90. The van der Waals surface area contributed by atoms with Gasteiger partial charge in [0.15, 0.2) is 11.5 Å². The lowest BCUT2D eigenvalue weighted by Crippen LogP contribution is -2.12. The number of hydrogen-bond acceptors (Lipinski definition) is 5. The number of nitrogens with one attached hydrogen (secondary N) is 1. The SMILES string of the molecule is O=C(CCc1ccc2c(c1)OCO2)Nc1cccc(COCc2ccco2)c1. The predicted molar refractivity (Wildman–Crippen MR) is 103 cm³/mol. The van der Waals surface area contributed by atoms with Gasteiger partial charge >= 0.3 is 0 Å². The first kappa shape index (κ1) is 18.1. The quantitative estimate of drug-likeness (QED) is 0.632. The number of amides is 1. The third-order valence-electron chi connectivity index (χ3n) is 4.38. The highest BCUT2D eigenvalue weighted by atomic mass is 16.7. The average Bonchev–Trinajstić information content (AvgIpc) is 3.38. The number of fused-ring (bicyclic) bond motifs is 1. The van der Waals surface area contributed by atoms with E-state index < -0.39 is 0 Å². The fourth-order valence-electron chi connectivity index (χ4n) is 2.98. The first-order valence-corrected chi connectivity index (χ1v) is 9.14. The molecule has 0 aliphatic carbocycles. The molecule has 1 amide bonds. The van der Waals surface area contributed by atoms with Gasteiger partial charge in [-0.25, -0.2) is 0 Å². The first-order chi connectivity index (χ1) is 13.8. The van der Waals surface area contributed by atoms with Gasteiger partial charge in [-0.2, -0.15) is 0 Å². The molecule has 0 bridgehead atoms. The van der Waals surface area contributed by atoms with E-state index in [1.807, 2.05) is 54.6 Å². The molecule has 0 unspecified atom stereocenters. The summed E-state index contributed by atoms with van der Waals surface area (Å²) in [5.41, 5.74) is 2.79. The van der Waals surface area contributed by atoms with Crippen LogP contribution in [0.15, 0.2) is 65.3 Å². The number of anilines is 1. The molecular formula is C22H21NO5. The minimum absolute atomic E-state index is 0.0358. The van der Waals surface area contributed by atoms with Gasteiger partial charge in [-0.1, -0.05) is 18.2 Å². The van der Waals surface area contributed by atoms with Crippen LogP contribution in [0.25, 0.3) is 0 Å². The Kier molecular flexibility index (Phi) is 5.58. The lowest BCUT2D eigenvalue weighted by Gasteiger charge is -2.08. The summed E-state index contributed by atoms with van der Waals surface area (Å²) in [5, 5.41) is 2.94. The number of hydrogen-bond donors (Lipinski definition) is 1. The topological polar surface area (TPSA) is 69.9 Å². The molecule has 0 fully saturated rings. The Labute approximate surface area is 163 Å². The van der Waals surface area contributed by atoms with Gasteiger partial charge in [0.25, 0.3) is 0 Å². The molecule has 2 aromatic carbocycles. The molecule has 144 valence electrons. The van der Waals surface area contributed by atoms with Crippen molar-refractivity contribution in [2.24, 2.45) is 0 Å². The molecule has 2 heterocycles. The molecule has 6 nitrogen and oxygen atoms in total. The van der Waals surface area contributed by atoms with Crippen molar-refractivity contribution < 1.29 is 23.4 Å². The van der Waals surface area contributed by atoms with E-state index in [1.165, 1.54) is 0 Å². The van der Waals surface area contributed by atoms with Gasteiger partial charge in [-0.3, -0.25) is 4.79 Å². The second-order valence-electron chi connectivity index (χ2n) is 6.51. The molecule has 0 saturated carbocycles. The van der Waals surface area contributed by atoms with Crippen molar-refractivity contribution in [2.75, 3.05) is 12.1 Å². The van der Waals surface area contributed by atoms with Crippen LogP contribution in [-0.2, 0) is 29.2 Å². The third kappa shape index (κ3) is 4.72. The maximum Gasteiger partial charge on any atom is 0.231 e. The van der Waals surface area contributed by atoms with Crippen molar-refractivity contribution in [2.45, 2.75) is 26.1 Å². The van der Waals surface area contributed by atoms with Gasteiger partial charge in [0.05, 0.1) is 12.9 Å². The van der Waals surface area contributed by atoms with Crippen LogP contribution in [0.5, 0.6) is 11.5 Å². The van der Waals surface area contributed by atoms with E-state index in [0.717, 1.165) is 34.1 Å². The highest BCUT2D eigenvalue weighted by Gasteiger charge is 2.13. The number of benzene rings is 2. The van der Waals surface area contributed by atoms with E-state index in [2.05, 4.69) is 5.32 Å². The molecule has 6 heteroatoms. The summed E-state index contributed by atoms with van der Waals surface area (Å²) in [7, 11) is 0. The van der Waals surface area contributed by atoms with Crippen LogP contribution in [0.4, 0.5) is 5.69 Å². The van der Waals surface area contributed by atoms with E-state index in [4.69, 9.17) is 18.6 Å². The van der Waals surface area contributed by atoms with Crippen LogP contribution in [0, 0.1) is 0 Å². The molecule has 4 rings (SSSR count). The zero-order valence-corrected chi connectivity index (χ0v) is 15.4. The first-order valence-electron chi connectivity index (χ1n) is 9.14. The summed E-state index contributed by atoms with van der Waals surface area (Å²) < 4.78 is 21.5. The lowest BCUT2D eigenvalue weighted by molar-refractivity contribution is -0.116. The molecule has 0 spiro atoms. The Hall–Kier alpha value is -3.25. The average molecular weight is 379 g/mol. The number of furan rings is 1. The molecule has 1 aliphatic heterocycles. The fourth-order valence-corrected chi connectivity index (χ4v) is 2.98. The lowest BCUT2D eigenvalue weighted by atomic mass is 10.1. The molecule has 1 aromatic heterocycles. The van der Waals surface area contributed by atoms with E-state index in [1.54, 1.807) is 6.26 Å². The van der Waals surface area contributed by atoms with Crippen molar-refractivity contribution in [3.05, 3.63) is 77.7 Å². The summed E-state index contributed by atoms with van der Waals surface area (Å²) in [4.78, 5) is 12.3. The van der Waals surface area contributed by atoms with Gasteiger partial charge in [0, 0.05) is 12.1 Å². The zero-order chi connectivity index (χ0) is 19.2. The zero-order valence-electron chi connectivity index (χ0n) is 15.4. The van der Waals surface area contributed by atoms with Crippen molar-refractivity contribution in [3.8, 4) is 11.5 Å². The standard InChI is InChI=1S/C22H21NO5/c24-22(9-7-16-6-8-20-21(12-16)28-15-27-20)23-18-4-1-3-17(11-18)13-25-14-19-5-2-10-26-19/h1-6,8,10-12H,7,9,13-15H2,(H,23,24). The van der Waals surface area contributed by atoms with Crippen molar-refractivity contribution in [3.63, 3.8) is 0 Å². The summed E-state index contributed by atoms with van der Waals surface area (Å²) in [6.07, 6.45) is 2.64. The molecule has 0 atom stereocenters. The summed E-state index contributed by atoms with van der Waals surface area (Å²) in [5.74, 6) is 2.23. The Morgan fingerprint density at radius 2 is 1.89 bits per heavy atom. The van der Waals surface area contributed by atoms with Crippen LogP contribution >= 0.6 is 0 Å². The van der Waals surface area contributed by atoms with E-state index in [9.17, 15) is 4.79 Å². The van der Waals surface area contributed by atoms with Crippen molar-refractivity contribution >= 4 is 11.6 Å². The number of carbonyl (C=O) groups excluding carboxylic acids is 1. The van der Waals surface area contributed by atoms with E-state index >= 15 is 0 Å². The fraction of sp³-hybridized carbons (Fsp3) is 0.227. The van der Waals surface area contributed by atoms with Crippen LogP contribution in [0.1, 0.15) is 23.3 Å². The molecule has 3 aromatic rings. The molecule has 0 saturated heterocycles. The monoisotopic (exact) mass is 379 g/mol. The van der Waals surface area contributed by atoms with Crippen LogP contribution in [-0.4, -0.2) is 12.7 Å². The van der Waals surface area contributed by atoms with Crippen molar-refractivity contribution in [1.82, 2.24) is 0 Å². The Bertz CT molecular complexity index is 936. The van der Waals surface area contributed by atoms with Gasteiger partial charge in [-0.15, -0.1) is 0 Å². The minimum atomic E-state index is -0.0358. The number of aryl methyl sites for hydroxylation is 1. The summed E-state index contributed by atoms with van der Waals surface area (Å²) in [6, 6.07) is 17.1. The maximum absolute atomic E-state index is 12.3. The van der Waals surface area contributed by atoms with Crippen LogP contribution in [0.3, 0.4) is 0 Å². The third-order valence-corrected chi connectivity index (χ3v) is 4.38. The van der Waals surface area contributed by atoms with Crippen LogP contribution in [0.2, 0.25) is 0 Å². The molecular weight excluding hydrogens is 358 g/mol. The largest absolute Gasteiger partial charge is 0.467 e. The number of carbonyl (C=O) groups is 1. The molecule has 28 heavy (non-hydrogen) atoms. The second-order valence-corrected chi connectivity index (χ2v) is 6.51. The van der Waals surface area contributed by atoms with Gasteiger partial charge in [-0.05, 0) is 53.9 Å². The number of rotatable bonds is 8. The van der Waals surface area contributed by atoms with E-state index in [0.29, 0.717) is 26.1 Å². The van der Waals surface area contributed by atoms with Gasteiger partial charge in [0.2, 0.25) is 12.7 Å².